The number of rotatable bonds is 5. The fourth-order valence-corrected chi connectivity index (χ4v) is 2.68. The fraction of sp³-hybridized carbons (Fsp3) is 0.154. The second kappa shape index (κ2) is 6.58. The van der Waals surface area contributed by atoms with E-state index < -0.39 is 4.92 Å². The lowest BCUT2D eigenvalue weighted by atomic mass is 10.2. The molecule has 2 rings (SSSR count). The van der Waals surface area contributed by atoms with E-state index in [0.29, 0.717) is 10.8 Å². The van der Waals surface area contributed by atoms with Crippen molar-refractivity contribution in [3.63, 3.8) is 0 Å². The van der Waals surface area contributed by atoms with Crippen molar-refractivity contribution in [2.75, 3.05) is 7.11 Å². The van der Waals surface area contributed by atoms with Crippen LogP contribution in [-0.4, -0.2) is 17.0 Å². The molecule has 0 radical (unpaired) electrons. The predicted octanol–water partition coefficient (Wildman–Crippen LogP) is 3.94. The lowest BCUT2D eigenvalue weighted by Gasteiger charge is -2.04. The van der Waals surface area contributed by atoms with Crippen molar-refractivity contribution in [2.45, 2.75) is 10.8 Å². The Morgan fingerprint density at radius 2 is 2.00 bits per heavy atom. The minimum atomic E-state index is -0.459. The molecule has 1 aromatic heterocycles. The zero-order valence-electron chi connectivity index (χ0n) is 10.6. The molecule has 0 amide bonds. The number of aromatic nitrogens is 1. The molecular formula is C13H11ClN2O3S. The highest BCUT2D eigenvalue weighted by Crippen LogP contribution is 2.31. The van der Waals surface area contributed by atoms with Crippen LogP contribution >= 0.6 is 23.4 Å². The number of ether oxygens (including phenoxy) is 1. The van der Waals surface area contributed by atoms with E-state index in [1.165, 1.54) is 23.9 Å². The average molecular weight is 311 g/mol. The van der Waals surface area contributed by atoms with Crippen LogP contribution in [0.4, 0.5) is 5.69 Å². The van der Waals surface area contributed by atoms with Crippen LogP contribution in [0.15, 0.2) is 41.4 Å². The maximum Gasteiger partial charge on any atom is 0.301 e. The number of nitro groups is 1. The molecule has 20 heavy (non-hydrogen) atoms. The lowest BCUT2D eigenvalue weighted by Crippen LogP contribution is -1.94. The van der Waals surface area contributed by atoms with Gasteiger partial charge in [-0.3, -0.25) is 10.1 Å². The predicted molar refractivity (Wildman–Crippen MR) is 78.5 cm³/mol. The summed E-state index contributed by atoms with van der Waals surface area (Å²) in [5.41, 5.74) is 0.986. The van der Waals surface area contributed by atoms with Gasteiger partial charge in [-0.05, 0) is 23.8 Å². The highest BCUT2D eigenvalue weighted by Gasteiger charge is 2.16. The van der Waals surface area contributed by atoms with Crippen molar-refractivity contribution in [3.05, 3.63) is 57.2 Å². The molecule has 0 unspecified atom stereocenters. The maximum atomic E-state index is 10.9. The molecule has 1 aromatic carbocycles. The Hall–Kier alpha value is -1.79. The van der Waals surface area contributed by atoms with Crippen molar-refractivity contribution in [2.24, 2.45) is 0 Å². The second-order valence-electron chi connectivity index (χ2n) is 3.85. The SMILES string of the molecule is COc1ccc(CSc2nc(Cl)ccc2[N+](=O)[O-])cc1. The van der Waals surface area contributed by atoms with E-state index in [9.17, 15) is 10.1 Å². The molecule has 0 aliphatic carbocycles. The summed E-state index contributed by atoms with van der Waals surface area (Å²) >= 11 is 7.06. The Morgan fingerprint density at radius 1 is 1.30 bits per heavy atom. The molecule has 7 heteroatoms. The molecule has 1 heterocycles. The highest BCUT2D eigenvalue weighted by molar-refractivity contribution is 7.98. The summed E-state index contributed by atoms with van der Waals surface area (Å²) in [6.07, 6.45) is 0. The number of halogens is 1. The molecule has 0 bridgehead atoms. The minimum absolute atomic E-state index is 0.0343. The van der Waals surface area contributed by atoms with Crippen molar-refractivity contribution in [1.29, 1.82) is 0 Å². The number of hydrogen-bond acceptors (Lipinski definition) is 5. The van der Waals surface area contributed by atoms with Gasteiger partial charge in [-0.2, -0.15) is 0 Å². The van der Waals surface area contributed by atoms with E-state index in [2.05, 4.69) is 4.98 Å². The van der Waals surface area contributed by atoms with Gasteiger partial charge < -0.3 is 4.74 Å². The highest BCUT2D eigenvalue weighted by atomic mass is 35.5. The van der Waals surface area contributed by atoms with E-state index in [4.69, 9.17) is 16.3 Å². The topological polar surface area (TPSA) is 65.3 Å². The van der Waals surface area contributed by atoms with E-state index >= 15 is 0 Å². The summed E-state index contributed by atoms with van der Waals surface area (Å²) < 4.78 is 5.07. The summed E-state index contributed by atoms with van der Waals surface area (Å²) in [4.78, 5) is 14.5. The number of thioether (sulfide) groups is 1. The number of nitrogens with zero attached hydrogens (tertiary/aromatic N) is 2. The fourth-order valence-electron chi connectivity index (χ4n) is 1.53. The van der Waals surface area contributed by atoms with Crippen LogP contribution in [0.2, 0.25) is 5.15 Å². The monoisotopic (exact) mass is 310 g/mol. The van der Waals surface area contributed by atoms with Gasteiger partial charge in [0, 0.05) is 11.8 Å². The van der Waals surface area contributed by atoms with Gasteiger partial charge in [0.1, 0.15) is 10.9 Å². The molecule has 2 aromatic rings. The van der Waals surface area contributed by atoms with Gasteiger partial charge in [0.2, 0.25) is 0 Å². The summed E-state index contributed by atoms with van der Waals surface area (Å²) in [6, 6.07) is 10.3. The number of benzene rings is 1. The van der Waals surface area contributed by atoms with Crippen LogP contribution in [0.25, 0.3) is 0 Å². The van der Waals surface area contributed by atoms with Crippen molar-refractivity contribution < 1.29 is 9.66 Å². The molecule has 104 valence electrons. The molecule has 0 atom stereocenters. The zero-order valence-corrected chi connectivity index (χ0v) is 12.1. The van der Waals surface area contributed by atoms with Gasteiger partial charge in [-0.15, -0.1) is 0 Å². The van der Waals surface area contributed by atoms with Gasteiger partial charge in [0.25, 0.3) is 0 Å². The van der Waals surface area contributed by atoms with Crippen LogP contribution in [0.5, 0.6) is 5.75 Å². The normalized spacial score (nSPS) is 10.3. The second-order valence-corrected chi connectivity index (χ2v) is 5.20. The van der Waals surface area contributed by atoms with Gasteiger partial charge in [-0.1, -0.05) is 35.5 Å². The standard InChI is InChI=1S/C13H11ClN2O3S/c1-19-10-4-2-9(3-5-10)8-20-13-11(16(17)18)6-7-12(14)15-13/h2-7H,8H2,1H3. The molecule has 0 fully saturated rings. The minimum Gasteiger partial charge on any atom is -0.497 e. The third kappa shape index (κ3) is 3.61. The molecule has 0 spiro atoms. The summed E-state index contributed by atoms with van der Waals surface area (Å²) in [5.74, 6) is 1.34. The van der Waals surface area contributed by atoms with E-state index in [0.717, 1.165) is 11.3 Å². The Labute approximate surface area is 125 Å². The molecule has 0 N–H and O–H groups in total. The van der Waals surface area contributed by atoms with Crippen molar-refractivity contribution in [3.8, 4) is 5.75 Å². The Morgan fingerprint density at radius 3 is 2.60 bits per heavy atom. The first-order chi connectivity index (χ1) is 9.60. The Balaban J connectivity index is 2.13. The maximum absolute atomic E-state index is 10.9. The van der Waals surface area contributed by atoms with Gasteiger partial charge in [-0.25, -0.2) is 4.98 Å². The third-order valence-corrected chi connectivity index (χ3v) is 3.80. The number of methoxy groups -OCH3 is 1. The smallest absolute Gasteiger partial charge is 0.301 e. The Kier molecular flexibility index (Phi) is 4.81. The number of hydrogen-bond donors (Lipinski definition) is 0. The molecule has 0 saturated heterocycles. The first-order valence-corrected chi connectivity index (χ1v) is 7.03. The van der Waals surface area contributed by atoms with Crippen LogP contribution in [0.1, 0.15) is 5.56 Å². The van der Waals surface area contributed by atoms with Crippen molar-refractivity contribution >= 4 is 29.1 Å². The lowest BCUT2D eigenvalue weighted by molar-refractivity contribution is -0.388. The van der Waals surface area contributed by atoms with Crippen LogP contribution in [0, 0.1) is 10.1 Å². The average Bonchev–Trinajstić information content (AvgIpc) is 2.45. The third-order valence-electron chi connectivity index (χ3n) is 2.54. The molecule has 0 aliphatic heterocycles. The van der Waals surface area contributed by atoms with Gasteiger partial charge in [0.15, 0.2) is 5.03 Å². The van der Waals surface area contributed by atoms with Crippen LogP contribution in [-0.2, 0) is 5.75 Å². The molecular weight excluding hydrogens is 300 g/mol. The first kappa shape index (κ1) is 14.6. The molecule has 0 saturated carbocycles. The molecule has 0 aliphatic rings. The number of pyridine rings is 1. The van der Waals surface area contributed by atoms with Gasteiger partial charge in [0.05, 0.1) is 12.0 Å². The zero-order chi connectivity index (χ0) is 14.5. The summed E-state index contributed by atoms with van der Waals surface area (Å²) in [5, 5.41) is 11.5. The molecule has 5 nitrogen and oxygen atoms in total. The summed E-state index contributed by atoms with van der Waals surface area (Å²) in [7, 11) is 1.60. The van der Waals surface area contributed by atoms with E-state index in [1.54, 1.807) is 7.11 Å². The van der Waals surface area contributed by atoms with Crippen molar-refractivity contribution in [1.82, 2.24) is 4.98 Å². The van der Waals surface area contributed by atoms with E-state index in [-0.39, 0.29) is 10.8 Å². The largest absolute Gasteiger partial charge is 0.497 e. The quantitative estimate of drug-likeness (QED) is 0.362. The van der Waals surface area contributed by atoms with E-state index in [1.807, 2.05) is 24.3 Å². The van der Waals surface area contributed by atoms with Gasteiger partial charge >= 0.3 is 5.69 Å². The Bertz CT molecular complexity index is 620. The summed E-state index contributed by atoms with van der Waals surface area (Å²) in [6.45, 7) is 0. The van der Waals surface area contributed by atoms with Crippen LogP contribution in [0.3, 0.4) is 0 Å². The first-order valence-electron chi connectivity index (χ1n) is 5.67. The van der Waals surface area contributed by atoms with Crippen LogP contribution < -0.4 is 4.74 Å².